The van der Waals surface area contributed by atoms with Crippen molar-refractivity contribution >= 4 is 28.2 Å². The number of fused-ring (bicyclic) bond motifs is 3. The highest BCUT2D eigenvalue weighted by atomic mass is 16.5. The van der Waals surface area contributed by atoms with Crippen LogP contribution in [0.4, 0.5) is 17.1 Å². The fourth-order valence-corrected chi connectivity index (χ4v) is 4.69. The van der Waals surface area contributed by atoms with Crippen LogP contribution < -0.4 is 9.64 Å². The zero-order valence-corrected chi connectivity index (χ0v) is 18.7. The van der Waals surface area contributed by atoms with Crippen LogP contribution in [0.5, 0.6) is 11.5 Å². The lowest BCUT2D eigenvalue weighted by atomic mass is 10.1. The molecular weight excluding hydrogens is 432 g/mol. The fraction of sp³-hybridized carbons (Fsp3) is 0. The van der Waals surface area contributed by atoms with Crippen LogP contribution >= 0.6 is 0 Å². The highest BCUT2D eigenvalue weighted by Crippen LogP contribution is 2.50. The molecule has 0 fully saturated rings. The first-order chi connectivity index (χ1) is 17.4. The number of anilines is 3. The van der Waals surface area contributed by atoms with Crippen LogP contribution in [0.25, 0.3) is 28.2 Å². The van der Waals surface area contributed by atoms with Gasteiger partial charge in [0.2, 0.25) is 0 Å². The van der Waals surface area contributed by atoms with Crippen LogP contribution in [0, 0.1) is 0 Å². The maximum Gasteiger partial charge on any atom is 0.178 e. The van der Waals surface area contributed by atoms with Crippen LogP contribution in [-0.4, -0.2) is 14.5 Å². The summed E-state index contributed by atoms with van der Waals surface area (Å²) in [6.07, 6.45) is 1.78. The number of hydrogen-bond acceptors (Lipinski definition) is 4. The smallest absolute Gasteiger partial charge is 0.178 e. The number of nitrogens with zero attached hydrogens (tertiary/aromatic N) is 4. The molecule has 166 valence electrons. The van der Waals surface area contributed by atoms with Gasteiger partial charge >= 0.3 is 0 Å². The second-order valence-corrected chi connectivity index (χ2v) is 8.37. The van der Waals surface area contributed by atoms with E-state index in [9.17, 15) is 0 Å². The Morgan fingerprint density at radius 3 is 1.94 bits per heavy atom. The van der Waals surface area contributed by atoms with E-state index in [1.54, 1.807) is 6.20 Å². The maximum atomic E-state index is 6.16. The van der Waals surface area contributed by atoms with Crippen molar-refractivity contribution in [2.75, 3.05) is 4.90 Å². The molecule has 0 radical (unpaired) electrons. The van der Waals surface area contributed by atoms with Gasteiger partial charge in [-0.1, -0.05) is 42.5 Å². The van der Waals surface area contributed by atoms with Crippen molar-refractivity contribution in [2.24, 2.45) is 0 Å². The second kappa shape index (κ2) is 7.85. The van der Waals surface area contributed by atoms with Crippen molar-refractivity contribution < 1.29 is 4.74 Å². The molecule has 0 aliphatic carbocycles. The number of ether oxygens (including phenoxy) is 1. The topological polar surface area (TPSA) is 43.2 Å². The molecule has 35 heavy (non-hydrogen) atoms. The van der Waals surface area contributed by atoms with Gasteiger partial charge in [0.15, 0.2) is 17.1 Å². The van der Waals surface area contributed by atoms with Crippen molar-refractivity contribution in [2.45, 2.75) is 0 Å². The normalized spacial score (nSPS) is 12.2. The average molecular weight is 453 g/mol. The first kappa shape index (κ1) is 19.6. The average Bonchev–Trinajstić information content (AvgIpc) is 3.32. The molecule has 0 amide bonds. The molecule has 1 aliphatic rings. The van der Waals surface area contributed by atoms with Gasteiger partial charge in [-0.2, -0.15) is 0 Å². The molecule has 4 aromatic carbocycles. The van der Waals surface area contributed by atoms with Crippen molar-refractivity contribution in [3.8, 4) is 28.6 Å². The van der Waals surface area contributed by atoms with Gasteiger partial charge in [-0.15, -0.1) is 0 Å². The predicted molar refractivity (Wildman–Crippen MR) is 139 cm³/mol. The number of pyridine rings is 1. The highest BCUT2D eigenvalue weighted by Gasteiger charge is 2.25. The zero-order chi connectivity index (χ0) is 23.2. The van der Waals surface area contributed by atoms with E-state index >= 15 is 0 Å². The Morgan fingerprint density at radius 1 is 0.571 bits per heavy atom. The van der Waals surface area contributed by atoms with Crippen LogP contribution in [0.1, 0.15) is 0 Å². The van der Waals surface area contributed by atoms with Crippen molar-refractivity contribution in [3.63, 3.8) is 0 Å². The number of benzene rings is 4. The highest BCUT2D eigenvalue weighted by molar-refractivity contribution is 5.87. The molecule has 0 bridgehead atoms. The van der Waals surface area contributed by atoms with Crippen LogP contribution in [0.3, 0.4) is 0 Å². The molecular formula is C30H20N4O. The standard InChI is InChI=1S/C30H20N4O/c1-2-9-22(10-3-1)34-26-13-8-20-31-29(26)32-30(34)21-16-18-23(19-17-21)33-24-11-4-6-14-27(24)35-28-15-7-5-12-25(28)33/h1-20H. The number of hydrogen-bond donors (Lipinski definition) is 0. The quantitative estimate of drug-likeness (QED) is 0.276. The summed E-state index contributed by atoms with van der Waals surface area (Å²) >= 11 is 0. The van der Waals surface area contributed by atoms with Crippen molar-refractivity contribution in [1.82, 2.24) is 14.5 Å². The maximum absolute atomic E-state index is 6.16. The van der Waals surface area contributed by atoms with Gasteiger partial charge in [0.05, 0.1) is 16.9 Å². The van der Waals surface area contributed by atoms with Crippen molar-refractivity contribution in [3.05, 3.63) is 121 Å². The largest absolute Gasteiger partial charge is 0.453 e. The molecule has 2 aromatic heterocycles. The summed E-state index contributed by atoms with van der Waals surface area (Å²) in [6, 6.07) is 39.0. The van der Waals surface area contributed by atoms with E-state index in [4.69, 9.17) is 9.72 Å². The lowest BCUT2D eigenvalue weighted by Gasteiger charge is -2.32. The summed E-state index contributed by atoms with van der Waals surface area (Å²) in [6.45, 7) is 0. The van der Waals surface area contributed by atoms with E-state index in [2.05, 4.69) is 69.0 Å². The molecule has 0 saturated heterocycles. The number of imidazole rings is 1. The molecule has 0 atom stereocenters. The van der Waals surface area contributed by atoms with Crippen LogP contribution in [-0.2, 0) is 0 Å². The van der Waals surface area contributed by atoms with Crippen LogP contribution in [0.2, 0.25) is 0 Å². The first-order valence-corrected chi connectivity index (χ1v) is 11.5. The first-order valence-electron chi connectivity index (χ1n) is 11.5. The van der Waals surface area contributed by atoms with E-state index in [1.807, 2.05) is 60.7 Å². The Bertz CT molecular complexity index is 1630. The number of aromatic nitrogens is 3. The minimum absolute atomic E-state index is 0.728. The monoisotopic (exact) mass is 452 g/mol. The molecule has 0 spiro atoms. The van der Waals surface area contributed by atoms with Gasteiger partial charge in [-0.25, -0.2) is 9.97 Å². The van der Waals surface area contributed by atoms with Crippen LogP contribution in [0.15, 0.2) is 121 Å². The van der Waals surface area contributed by atoms with E-state index in [1.165, 1.54) is 0 Å². The summed E-state index contributed by atoms with van der Waals surface area (Å²) < 4.78 is 8.32. The summed E-state index contributed by atoms with van der Waals surface area (Å²) in [7, 11) is 0. The lowest BCUT2D eigenvalue weighted by Crippen LogP contribution is -2.15. The molecule has 1 aliphatic heterocycles. The van der Waals surface area contributed by atoms with Gasteiger partial charge in [0, 0.05) is 23.1 Å². The Kier molecular flexibility index (Phi) is 4.39. The van der Waals surface area contributed by atoms with E-state index < -0.39 is 0 Å². The zero-order valence-electron chi connectivity index (χ0n) is 18.7. The Hall–Kier alpha value is -4.90. The lowest BCUT2D eigenvalue weighted by molar-refractivity contribution is 0.477. The Balaban J connectivity index is 1.37. The molecule has 3 heterocycles. The van der Waals surface area contributed by atoms with Gasteiger partial charge in [0.1, 0.15) is 5.82 Å². The molecule has 0 unspecified atom stereocenters. The Labute approximate surface area is 202 Å². The summed E-state index contributed by atoms with van der Waals surface area (Å²) in [4.78, 5) is 11.6. The molecule has 0 saturated carbocycles. The van der Waals surface area contributed by atoms with Gasteiger partial charge in [0.25, 0.3) is 0 Å². The summed E-state index contributed by atoms with van der Waals surface area (Å²) in [5.41, 5.74) is 6.86. The minimum Gasteiger partial charge on any atom is -0.453 e. The fourth-order valence-electron chi connectivity index (χ4n) is 4.69. The predicted octanol–water partition coefficient (Wildman–Crippen LogP) is 7.66. The molecule has 6 aromatic rings. The van der Waals surface area contributed by atoms with E-state index in [-0.39, 0.29) is 0 Å². The SMILES string of the molecule is c1ccc(-n2c(-c3ccc(N4c5ccccc5Oc5ccccc54)cc3)nc3ncccc32)cc1. The molecule has 7 rings (SSSR count). The molecule has 5 nitrogen and oxygen atoms in total. The van der Waals surface area contributed by atoms with Gasteiger partial charge in [-0.3, -0.25) is 4.57 Å². The number of rotatable bonds is 3. The second-order valence-electron chi connectivity index (χ2n) is 8.37. The minimum atomic E-state index is 0.728. The van der Waals surface area contributed by atoms with Crippen molar-refractivity contribution in [1.29, 1.82) is 0 Å². The molecule has 5 heteroatoms. The third-order valence-corrected chi connectivity index (χ3v) is 6.26. The van der Waals surface area contributed by atoms with E-state index in [0.29, 0.717) is 0 Å². The summed E-state index contributed by atoms with van der Waals surface area (Å²) in [5, 5.41) is 0. The number of para-hydroxylation sites is 5. The van der Waals surface area contributed by atoms with Gasteiger partial charge in [-0.05, 0) is 72.8 Å². The van der Waals surface area contributed by atoms with E-state index in [0.717, 1.165) is 56.8 Å². The third kappa shape index (κ3) is 3.17. The third-order valence-electron chi connectivity index (χ3n) is 6.26. The Morgan fingerprint density at radius 2 is 1.23 bits per heavy atom. The summed E-state index contributed by atoms with van der Waals surface area (Å²) in [5.74, 6) is 2.54. The van der Waals surface area contributed by atoms with Gasteiger partial charge < -0.3 is 9.64 Å². The molecule has 0 N–H and O–H groups in total.